The molecule has 0 amide bonds. The van der Waals surface area contributed by atoms with E-state index in [9.17, 15) is 10.1 Å². The fraction of sp³-hybridized carbons (Fsp3) is 0.231. The highest BCUT2D eigenvalue weighted by atomic mass is 32.1. The topological polar surface area (TPSA) is 94.1 Å². The number of non-ortho nitro benzene ring substituents is 1. The van der Waals surface area contributed by atoms with E-state index in [1.54, 1.807) is 17.4 Å². The van der Waals surface area contributed by atoms with Gasteiger partial charge in [0, 0.05) is 12.1 Å². The molecule has 108 valence electrons. The summed E-state index contributed by atoms with van der Waals surface area (Å²) in [6.45, 7) is 2.04. The van der Waals surface area contributed by atoms with E-state index in [-0.39, 0.29) is 17.2 Å². The lowest BCUT2D eigenvalue weighted by Crippen LogP contribution is -2.18. The molecule has 0 fully saturated rings. The number of rotatable bonds is 5. The van der Waals surface area contributed by atoms with Crippen molar-refractivity contribution in [3.05, 3.63) is 44.6 Å². The SMILES string of the molecule is CC(Cc1ccsc1)Nc1ccc([N+](=O)[O-])c2nonc12. The zero-order valence-corrected chi connectivity index (χ0v) is 12.0. The van der Waals surface area contributed by atoms with Gasteiger partial charge in [-0.05, 0) is 52.1 Å². The molecule has 2 aromatic heterocycles. The number of thiophene rings is 1. The highest BCUT2D eigenvalue weighted by molar-refractivity contribution is 7.07. The molecule has 0 bridgehead atoms. The van der Waals surface area contributed by atoms with E-state index in [1.807, 2.05) is 12.3 Å². The molecule has 0 spiro atoms. The van der Waals surface area contributed by atoms with E-state index in [1.165, 1.54) is 11.6 Å². The predicted octanol–water partition coefficient (Wildman–Crippen LogP) is 3.24. The maximum atomic E-state index is 10.9. The molecule has 21 heavy (non-hydrogen) atoms. The minimum absolute atomic E-state index is 0.109. The summed E-state index contributed by atoms with van der Waals surface area (Å²) in [6, 6.07) is 5.27. The monoisotopic (exact) mass is 304 g/mol. The van der Waals surface area contributed by atoms with Crippen LogP contribution < -0.4 is 5.32 Å². The van der Waals surface area contributed by atoms with Crippen LogP contribution in [0.15, 0.2) is 33.6 Å². The van der Waals surface area contributed by atoms with Gasteiger partial charge in [-0.25, -0.2) is 4.63 Å². The number of nitrogens with zero attached hydrogens (tertiary/aromatic N) is 3. The summed E-state index contributed by atoms with van der Waals surface area (Å²) in [4.78, 5) is 10.4. The number of anilines is 1. The maximum absolute atomic E-state index is 10.9. The fourth-order valence-electron chi connectivity index (χ4n) is 2.20. The summed E-state index contributed by atoms with van der Waals surface area (Å²) in [5.41, 5.74) is 2.35. The highest BCUT2D eigenvalue weighted by Crippen LogP contribution is 2.29. The molecule has 1 atom stereocenters. The number of fused-ring (bicyclic) bond motifs is 1. The molecule has 1 N–H and O–H groups in total. The van der Waals surface area contributed by atoms with Crippen LogP contribution in [0.1, 0.15) is 12.5 Å². The van der Waals surface area contributed by atoms with Gasteiger partial charge >= 0.3 is 5.69 Å². The number of hydrogen-bond acceptors (Lipinski definition) is 7. The Kier molecular flexibility index (Phi) is 3.53. The Morgan fingerprint density at radius 1 is 1.38 bits per heavy atom. The first kappa shape index (κ1) is 13.5. The van der Waals surface area contributed by atoms with E-state index >= 15 is 0 Å². The van der Waals surface area contributed by atoms with Crippen LogP contribution in [0.2, 0.25) is 0 Å². The molecule has 3 rings (SSSR count). The van der Waals surface area contributed by atoms with Gasteiger partial charge in [0.05, 0.1) is 10.6 Å². The van der Waals surface area contributed by atoms with Crippen molar-refractivity contribution < 1.29 is 9.55 Å². The smallest absolute Gasteiger partial charge is 0.300 e. The van der Waals surface area contributed by atoms with Crippen molar-refractivity contribution >= 4 is 33.7 Å². The molecule has 0 radical (unpaired) electrons. The third-order valence-corrected chi connectivity index (χ3v) is 3.85. The molecule has 7 nitrogen and oxygen atoms in total. The quantitative estimate of drug-likeness (QED) is 0.574. The zero-order valence-electron chi connectivity index (χ0n) is 11.1. The van der Waals surface area contributed by atoms with Gasteiger partial charge in [-0.3, -0.25) is 10.1 Å². The van der Waals surface area contributed by atoms with Crippen molar-refractivity contribution in [3.8, 4) is 0 Å². The van der Waals surface area contributed by atoms with Gasteiger partial charge in [0.25, 0.3) is 0 Å². The first-order valence-corrected chi connectivity index (χ1v) is 7.26. The third kappa shape index (κ3) is 2.70. The number of nitro benzene ring substituents is 1. The van der Waals surface area contributed by atoms with Gasteiger partial charge in [-0.15, -0.1) is 0 Å². The molecular weight excluding hydrogens is 292 g/mol. The van der Waals surface area contributed by atoms with E-state index < -0.39 is 4.92 Å². The van der Waals surface area contributed by atoms with Crippen molar-refractivity contribution in [2.24, 2.45) is 0 Å². The standard InChI is InChI=1S/C13H12N4O3S/c1-8(6-9-4-5-21-7-9)14-10-2-3-11(17(18)19)13-12(10)15-20-16-13/h2-5,7-8,14H,6H2,1H3. The van der Waals surface area contributed by atoms with Crippen LogP contribution >= 0.6 is 11.3 Å². The Morgan fingerprint density at radius 2 is 2.19 bits per heavy atom. The predicted molar refractivity (Wildman–Crippen MR) is 79.6 cm³/mol. The largest absolute Gasteiger partial charge is 0.380 e. The summed E-state index contributed by atoms with van der Waals surface area (Å²) >= 11 is 1.66. The number of benzene rings is 1. The normalized spacial score (nSPS) is 12.4. The lowest BCUT2D eigenvalue weighted by molar-refractivity contribution is -0.383. The highest BCUT2D eigenvalue weighted by Gasteiger charge is 2.20. The summed E-state index contributed by atoms with van der Waals surface area (Å²) in [5, 5.41) is 25.7. The maximum Gasteiger partial charge on any atom is 0.300 e. The van der Waals surface area contributed by atoms with E-state index in [4.69, 9.17) is 0 Å². The Morgan fingerprint density at radius 3 is 2.90 bits per heavy atom. The molecule has 8 heteroatoms. The Hall–Kier alpha value is -2.48. The lowest BCUT2D eigenvalue weighted by Gasteiger charge is -2.14. The third-order valence-electron chi connectivity index (χ3n) is 3.11. The van der Waals surface area contributed by atoms with E-state index in [0.717, 1.165) is 6.42 Å². The molecule has 1 aromatic carbocycles. The molecule has 0 saturated carbocycles. The van der Waals surface area contributed by atoms with Crippen LogP contribution in [0.3, 0.4) is 0 Å². The van der Waals surface area contributed by atoms with Crippen LogP contribution in [-0.4, -0.2) is 21.3 Å². The Labute approximate surface area is 123 Å². The van der Waals surface area contributed by atoms with Gasteiger partial charge in [-0.2, -0.15) is 11.3 Å². The summed E-state index contributed by atoms with van der Waals surface area (Å²) < 4.78 is 4.64. The van der Waals surface area contributed by atoms with Crippen LogP contribution in [0.25, 0.3) is 11.0 Å². The van der Waals surface area contributed by atoms with E-state index in [0.29, 0.717) is 11.2 Å². The van der Waals surface area contributed by atoms with Crippen molar-refractivity contribution in [2.45, 2.75) is 19.4 Å². The summed E-state index contributed by atoms with van der Waals surface area (Å²) in [6.07, 6.45) is 0.854. The molecule has 3 aromatic rings. The first-order valence-electron chi connectivity index (χ1n) is 6.32. The number of hydrogen-bond donors (Lipinski definition) is 1. The molecule has 0 aliphatic heterocycles. The molecule has 2 heterocycles. The number of nitrogens with one attached hydrogen (secondary N) is 1. The molecule has 0 aliphatic rings. The average molecular weight is 304 g/mol. The van der Waals surface area contributed by atoms with Gasteiger partial charge in [-0.1, -0.05) is 0 Å². The minimum atomic E-state index is -0.495. The van der Waals surface area contributed by atoms with Crippen LogP contribution in [0, 0.1) is 10.1 Å². The minimum Gasteiger partial charge on any atom is -0.380 e. The second-order valence-electron chi connectivity index (χ2n) is 4.73. The van der Waals surface area contributed by atoms with Crippen molar-refractivity contribution in [2.75, 3.05) is 5.32 Å². The molecule has 1 unspecified atom stereocenters. The van der Waals surface area contributed by atoms with Crippen molar-refractivity contribution in [3.63, 3.8) is 0 Å². The first-order chi connectivity index (χ1) is 10.1. The van der Waals surface area contributed by atoms with Gasteiger partial charge < -0.3 is 5.32 Å². The summed E-state index contributed by atoms with van der Waals surface area (Å²) in [5.74, 6) is 0. The number of aromatic nitrogens is 2. The molecular formula is C13H12N4O3S. The zero-order chi connectivity index (χ0) is 14.8. The number of nitro groups is 1. The second-order valence-corrected chi connectivity index (χ2v) is 5.51. The van der Waals surface area contributed by atoms with Crippen LogP contribution in [0.4, 0.5) is 11.4 Å². The Bertz CT molecular complexity index is 769. The van der Waals surface area contributed by atoms with Gasteiger partial charge in [0.1, 0.15) is 0 Å². The van der Waals surface area contributed by atoms with Crippen molar-refractivity contribution in [1.29, 1.82) is 0 Å². The second kappa shape index (κ2) is 5.49. The summed E-state index contributed by atoms with van der Waals surface area (Å²) in [7, 11) is 0. The van der Waals surface area contributed by atoms with Crippen LogP contribution in [-0.2, 0) is 6.42 Å². The van der Waals surface area contributed by atoms with Crippen LogP contribution in [0.5, 0.6) is 0 Å². The van der Waals surface area contributed by atoms with E-state index in [2.05, 4.69) is 31.7 Å². The Balaban J connectivity index is 1.86. The van der Waals surface area contributed by atoms with Gasteiger partial charge in [0.2, 0.25) is 5.52 Å². The average Bonchev–Trinajstić information content (AvgIpc) is 3.09. The molecule has 0 aliphatic carbocycles. The fourth-order valence-corrected chi connectivity index (χ4v) is 2.88. The van der Waals surface area contributed by atoms with Gasteiger partial charge in [0.15, 0.2) is 5.52 Å². The lowest BCUT2D eigenvalue weighted by atomic mass is 10.1. The van der Waals surface area contributed by atoms with Crippen molar-refractivity contribution in [1.82, 2.24) is 10.3 Å². The molecule has 0 saturated heterocycles.